The summed E-state index contributed by atoms with van der Waals surface area (Å²) in [6.07, 6.45) is 0. The predicted octanol–water partition coefficient (Wildman–Crippen LogP) is 0.176. The molecule has 0 saturated carbocycles. The first kappa shape index (κ1) is 12.0. The first-order chi connectivity index (χ1) is 8.58. The third-order valence-electron chi connectivity index (χ3n) is 2.45. The number of ether oxygens (including phenoxy) is 1. The Labute approximate surface area is 103 Å². The van der Waals surface area contributed by atoms with Gasteiger partial charge >= 0.3 is 0 Å². The fraction of sp³-hybridized carbons (Fsp3) is 0.167. The van der Waals surface area contributed by atoms with Crippen LogP contribution < -0.4 is 21.6 Å². The molecule has 1 heterocycles. The van der Waals surface area contributed by atoms with Crippen molar-refractivity contribution in [1.82, 2.24) is 9.78 Å². The van der Waals surface area contributed by atoms with Crippen LogP contribution in [0.3, 0.4) is 0 Å². The molecule has 18 heavy (non-hydrogen) atoms. The molecule has 0 radical (unpaired) electrons. The number of nitrogens with one attached hydrogen (secondary N) is 1. The Morgan fingerprint density at radius 2 is 2.06 bits per heavy atom. The van der Waals surface area contributed by atoms with Gasteiger partial charge in [0.15, 0.2) is 0 Å². The lowest BCUT2D eigenvalue weighted by atomic mass is 10.2. The number of benzene rings is 1. The fourth-order valence-electron chi connectivity index (χ4n) is 1.66. The van der Waals surface area contributed by atoms with Gasteiger partial charge in [-0.1, -0.05) is 0 Å². The molecule has 0 aliphatic carbocycles. The first-order valence-electron chi connectivity index (χ1n) is 5.32. The van der Waals surface area contributed by atoms with E-state index in [0.717, 1.165) is 5.56 Å². The molecule has 0 spiro atoms. The molecule has 0 saturated heterocycles. The molecule has 1 aromatic carbocycles. The number of nitrogens with two attached hydrogens (primary N) is 1. The first-order valence-corrected chi connectivity index (χ1v) is 5.32. The molecule has 0 atom stereocenters. The third kappa shape index (κ3) is 2.60. The zero-order valence-electron chi connectivity index (χ0n) is 9.84. The van der Waals surface area contributed by atoms with Gasteiger partial charge in [0.2, 0.25) is 0 Å². The largest absolute Gasteiger partial charge is 0.497 e. The Balaban J connectivity index is 2.39. The van der Waals surface area contributed by atoms with Gasteiger partial charge in [-0.3, -0.25) is 14.7 Å². The van der Waals surface area contributed by atoms with Gasteiger partial charge in [-0.2, -0.15) is 0 Å². The summed E-state index contributed by atoms with van der Waals surface area (Å²) in [5.41, 5.74) is 6.42. The van der Waals surface area contributed by atoms with E-state index in [1.54, 1.807) is 18.2 Å². The van der Waals surface area contributed by atoms with Crippen molar-refractivity contribution in [2.24, 2.45) is 0 Å². The number of rotatable bonds is 3. The van der Waals surface area contributed by atoms with Crippen molar-refractivity contribution < 1.29 is 4.74 Å². The Morgan fingerprint density at radius 3 is 2.78 bits per heavy atom. The standard InChI is InChI=1S/C12H13N3O3/c1-18-10-5-8(4-9(13)6-10)7-15-12(17)3-2-11(16)14-15/h2-6H,7,13H2,1H3,(H,14,16). The molecule has 0 amide bonds. The topological polar surface area (TPSA) is 90.1 Å². The summed E-state index contributed by atoms with van der Waals surface area (Å²) in [5, 5.41) is 2.45. The average Bonchev–Trinajstić information content (AvgIpc) is 2.33. The molecule has 6 heteroatoms. The summed E-state index contributed by atoms with van der Waals surface area (Å²) in [6, 6.07) is 7.58. The number of hydrogen-bond donors (Lipinski definition) is 2. The molecular formula is C12H13N3O3. The van der Waals surface area contributed by atoms with Crippen LogP contribution in [-0.4, -0.2) is 16.9 Å². The zero-order valence-corrected chi connectivity index (χ0v) is 9.84. The maximum Gasteiger partial charge on any atom is 0.265 e. The minimum absolute atomic E-state index is 0.232. The van der Waals surface area contributed by atoms with Gasteiger partial charge in [-0.05, 0) is 17.7 Å². The number of H-pyrrole nitrogens is 1. The molecule has 0 aliphatic heterocycles. The quantitative estimate of drug-likeness (QED) is 0.757. The number of nitrogens with zero attached hydrogens (tertiary/aromatic N) is 1. The third-order valence-corrected chi connectivity index (χ3v) is 2.45. The Bertz CT molecular complexity index is 673. The predicted molar refractivity (Wildman–Crippen MR) is 67.8 cm³/mol. The molecule has 2 rings (SSSR count). The number of anilines is 1. The van der Waals surface area contributed by atoms with Crippen molar-refractivity contribution in [2.75, 3.05) is 12.8 Å². The van der Waals surface area contributed by atoms with Crippen molar-refractivity contribution >= 4 is 5.69 Å². The second-order valence-electron chi connectivity index (χ2n) is 3.85. The minimum atomic E-state index is -0.328. The SMILES string of the molecule is COc1cc(N)cc(Cn2[nH]c(=O)ccc2=O)c1. The smallest absolute Gasteiger partial charge is 0.265 e. The van der Waals surface area contributed by atoms with Gasteiger partial charge in [0.1, 0.15) is 5.75 Å². The Kier molecular flexibility index (Phi) is 3.18. The number of hydrogen-bond acceptors (Lipinski definition) is 4. The summed E-state index contributed by atoms with van der Waals surface area (Å²) in [6.45, 7) is 0.232. The van der Waals surface area contributed by atoms with Crippen LogP contribution in [-0.2, 0) is 6.54 Å². The number of nitrogen functional groups attached to an aromatic ring is 1. The van der Waals surface area contributed by atoms with Gasteiger partial charge in [0, 0.05) is 23.9 Å². The highest BCUT2D eigenvalue weighted by Gasteiger charge is 2.02. The molecule has 1 aromatic heterocycles. The summed E-state index contributed by atoms with van der Waals surface area (Å²) < 4.78 is 6.31. The van der Waals surface area contributed by atoms with Crippen molar-refractivity contribution in [3.8, 4) is 5.75 Å². The van der Waals surface area contributed by atoms with Crippen LogP contribution >= 0.6 is 0 Å². The summed E-state index contributed by atoms with van der Waals surface area (Å²) in [5.74, 6) is 0.608. The maximum absolute atomic E-state index is 11.5. The van der Waals surface area contributed by atoms with Gasteiger partial charge in [0.05, 0.1) is 13.7 Å². The number of aromatic nitrogens is 2. The van der Waals surface area contributed by atoms with E-state index in [4.69, 9.17) is 10.5 Å². The van der Waals surface area contributed by atoms with Crippen LogP contribution in [0.5, 0.6) is 5.75 Å². The summed E-state index contributed by atoms with van der Waals surface area (Å²) >= 11 is 0. The van der Waals surface area contributed by atoms with Gasteiger partial charge in [0.25, 0.3) is 11.1 Å². The van der Waals surface area contributed by atoms with Crippen LogP contribution in [0.1, 0.15) is 5.56 Å². The van der Waals surface area contributed by atoms with E-state index in [1.165, 1.54) is 23.9 Å². The molecule has 0 unspecified atom stereocenters. The molecule has 2 aromatic rings. The van der Waals surface area contributed by atoms with Crippen LogP contribution in [0.2, 0.25) is 0 Å². The summed E-state index contributed by atoms with van der Waals surface area (Å²) in [4.78, 5) is 22.7. The van der Waals surface area contributed by atoms with E-state index in [2.05, 4.69) is 5.10 Å². The molecule has 3 N–H and O–H groups in total. The lowest BCUT2D eigenvalue weighted by Gasteiger charge is -2.08. The highest BCUT2D eigenvalue weighted by atomic mass is 16.5. The Morgan fingerprint density at radius 1 is 1.28 bits per heavy atom. The van der Waals surface area contributed by atoms with Crippen LogP contribution in [0.15, 0.2) is 39.9 Å². The summed E-state index contributed by atoms with van der Waals surface area (Å²) in [7, 11) is 1.54. The van der Waals surface area contributed by atoms with E-state index in [0.29, 0.717) is 11.4 Å². The van der Waals surface area contributed by atoms with Gasteiger partial charge in [-0.15, -0.1) is 0 Å². The van der Waals surface area contributed by atoms with Gasteiger partial charge in [-0.25, -0.2) is 4.68 Å². The molecule has 0 bridgehead atoms. The molecule has 0 aliphatic rings. The molecule has 0 fully saturated rings. The number of aromatic amines is 1. The van der Waals surface area contributed by atoms with Crippen molar-refractivity contribution in [2.45, 2.75) is 6.54 Å². The fourth-order valence-corrected chi connectivity index (χ4v) is 1.66. The normalized spacial score (nSPS) is 10.3. The number of methoxy groups -OCH3 is 1. The lowest BCUT2D eigenvalue weighted by molar-refractivity contribution is 0.414. The van der Waals surface area contributed by atoms with Crippen molar-refractivity contribution in [1.29, 1.82) is 0 Å². The average molecular weight is 247 g/mol. The second kappa shape index (κ2) is 4.79. The molecule has 94 valence electrons. The van der Waals surface area contributed by atoms with Gasteiger partial charge < -0.3 is 10.5 Å². The van der Waals surface area contributed by atoms with E-state index in [9.17, 15) is 9.59 Å². The van der Waals surface area contributed by atoms with Crippen LogP contribution in [0.25, 0.3) is 0 Å². The van der Waals surface area contributed by atoms with Crippen LogP contribution in [0, 0.1) is 0 Å². The van der Waals surface area contributed by atoms with Crippen LogP contribution in [0.4, 0.5) is 5.69 Å². The van der Waals surface area contributed by atoms with E-state index in [1.807, 2.05) is 0 Å². The van der Waals surface area contributed by atoms with E-state index < -0.39 is 0 Å². The second-order valence-corrected chi connectivity index (χ2v) is 3.85. The minimum Gasteiger partial charge on any atom is -0.497 e. The molecule has 6 nitrogen and oxygen atoms in total. The van der Waals surface area contributed by atoms with E-state index in [-0.39, 0.29) is 17.7 Å². The van der Waals surface area contributed by atoms with E-state index >= 15 is 0 Å². The molecular weight excluding hydrogens is 234 g/mol. The van der Waals surface area contributed by atoms with Crippen molar-refractivity contribution in [3.63, 3.8) is 0 Å². The highest BCUT2D eigenvalue weighted by molar-refractivity contribution is 5.47. The lowest BCUT2D eigenvalue weighted by Crippen LogP contribution is -2.28. The van der Waals surface area contributed by atoms with Crippen molar-refractivity contribution in [3.05, 3.63) is 56.6 Å². The highest BCUT2D eigenvalue weighted by Crippen LogP contribution is 2.18. The maximum atomic E-state index is 11.5. The Hall–Kier alpha value is -2.50. The zero-order chi connectivity index (χ0) is 13.1. The monoisotopic (exact) mass is 247 g/mol.